The molecular weight excluding hydrogens is 287 g/mol. The van der Waals surface area contributed by atoms with Crippen LogP contribution in [0.5, 0.6) is 0 Å². The van der Waals surface area contributed by atoms with Gasteiger partial charge in [-0.3, -0.25) is 0 Å². The van der Waals surface area contributed by atoms with Crippen molar-refractivity contribution in [2.24, 2.45) is 5.92 Å². The Labute approximate surface area is 122 Å². The second kappa shape index (κ2) is 6.35. The van der Waals surface area contributed by atoms with Crippen LogP contribution in [0.15, 0.2) is 18.2 Å². The minimum atomic E-state index is -4.11. The number of benzene rings is 1. The van der Waals surface area contributed by atoms with Gasteiger partial charge in [-0.25, -0.2) is 0 Å². The van der Waals surface area contributed by atoms with Crippen molar-refractivity contribution in [3.63, 3.8) is 0 Å². The Hall–Kier alpha value is -0.740. The number of rotatable bonds is 3. The average Bonchev–Trinajstić information content (AvgIpc) is 2.39. The first-order valence-electron chi connectivity index (χ1n) is 6.93. The average molecular weight is 306 g/mol. The van der Waals surface area contributed by atoms with Crippen molar-refractivity contribution in [1.82, 2.24) is 5.32 Å². The maximum Gasteiger partial charge on any atom is 0.393 e. The van der Waals surface area contributed by atoms with Gasteiger partial charge in [0.1, 0.15) is 0 Å². The van der Waals surface area contributed by atoms with E-state index in [4.69, 9.17) is 11.6 Å². The topological polar surface area (TPSA) is 12.0 Å². The van der Waals surface area contributed by atoms with E-state index >= 15 is 0 Å². The molecule has 0 bridgehead atoms. The summed E-state index contributed by atoms with van der Waals surface area (Å²) in [6, 6.07) is 5.12. The monoisotopic (exact) mass is 305 g/mol. The number of hydrogen-bond donors (Lipinski definition) is 1. The SMILES string of the molecule is Cc1ccc(CNC2CCCCC2C(F)(F)F)cc1Cl. The summed E-state index contributed by atoms with van der Waals surface area (Å²) in [4.78, 5) is 0. The zero-order chi connectivity index (χ0) is 14.8. The summed E-state index contributed by atoms with van der Waals surface area (Å²) in [6.07, 6.45) is -1.76. The molecule has 1 aromatic rings. The smallest absolute Gasteiger partial charge is 0.309 e. The molecule has 0 amide bonds. The second-order valence-corrected chi connectivity index (χ2v) is 5.91. The van der Waals surface area contributed by atoms with Gasteiger partial charge in [0.2, 0.25) is 0 Å². The van der Waals surface area contributed by atoms with Crippen LogP contribution < -0.4 is 5.32 Å². The van der Waals surface area contributed by atoms with Crippen molar-refractivity contribution in [1.29, 1.82) is 0 Å². The Kier molecular flexibility index (Phi) is 4.97. The fraction of sp³-hybridized carbons (Fsp3) is 0.600. The van der Waals surface area contributed by atoms with Crippen LogP contribution in [0.25, 0.3) is 0 Å². The van der Waals surface area contributed by atoms with Gasteiger partial charge in [-0.2, -0.15) is 13.2 Å². The third-order valence-corrected chi connectivity index (χ3v) is 4.40. The van der Waals surface area contributed by atoms with E-state index in [1.807, 2.05) is 25.1 Å². The molecule has 1 aromatic carbocycles. The molecule has 1 nitrogen and oxygen atoms in total. The lowest BCUT2D eigenvalue weighted by atomic mass is 9.84. The lowest BCUT2D eigenvalue weighted by Gasteiger charge is -2.33. The van der Waals surface area contributed by atoms with Crippen LogP contribution in [-0.2, 0) is 6.54 Å². The highest BCUT2D eigenvalue weighted by molar-refractivity contribution is 6.31. The number of halogens is 4. The van der Waals surface area contributed by atoms with Crippen molar-refractivity contribution < 1.29 is 13.2 Å². The zero-order valence-corrected chi connectivity index (χ0v) is 12.2. The van der Waals surface area contributed by atoms with Gasteiger partial charge >= 0.3 is 6.18 Å². The van der Waals surface area contributed by atoms with Crippen molar-refractivity contribution in [2.75, 3.05) is 0 Å². The van der Waals surface area contributed by atoms with Crippen LogP contribution in [0, 0.1) is 12.8 Å². The van der Waals surface area contributed by atoms with Gasteiger partial charge in [-0.1, -0.05) is 36.6 Å². The van der Waals surface area contributed by atoms with E-state index in [9.17, 15) is 13.2 Å². The highest BCUT2D eigenvalue weighted by Gasteiger charge is 2.45. The Morgan fingerprint density at radius 1 is 1.25 bits per heavy atom. The second-order valence-electron chi connectivity index (χ2n) is 5.50. The fourth-order valence-electron chi connectivity index (χ4n) is 2.76. The van der Waals surface area contributed by atoms with Crippen molar-refractivity contribution in [2.45, 2.75) is 51.4 Å². The van der Waals surface area contributed by atoms with E-state index < -0.39 is 18.1 Å². The predicted molar refractivity (Wildman–Crippen MR) is 74.8 cm³/mol. The zero-order valence-electron chi connectivity index (χ0n) is 11.4. The fourth-order valence-corrected chi connectivity index (χ4v) is 2.97. The summed E-state index contributed by atoms with van der Waals surface area (Å²) < 4.78 is 38.9. The standard InChI is InChI=1S/C15H19ClF3N/c1-10-6-7-11(8-13(10)16)9-20-14-5-3-2-4-12(14)15(17,18)19/h6-8,12,14,20H,2-5,9H2,1H3. The summed E-state index contributed by atoms with van der Waals surface area (Å²) in [6.45, 7) is 2.33. The van der Waals surface area contributed by atoms with Crippen molar-refractivity contribution in [3.8, 4) is 0 Å². The largest absolute Gasteiger partial charge is 0.393 e. The molecule has 5 heteroatoms. The van der Waals surface area contributed by atoms with E-state index in [2.05, 4.69) is 5.32 Å². The van der Waals surface area contributed by atoms with E-state index in [1.54, 1.807) is 0 Å². The molecule has 2 unspecified atom stereocenters. The van der Waals surface area contributed by atoms with Gasteiger partial charge in [0.05, 0.1) is 5.92 Å². The number of alkyl halides is 3. The normalized spacial score (nSPS) is 23.9. The molecule has 1 aliphatic rings. The van der Waals surface area contributed by atoms with Gasteiger partial charge in [0.15, 0.2) is 0 Å². The molecule has 1 N–H and O–H groups in total. The Bertz CT molecular complexity index is 459. The summed E-state index contributed by atoms with van der Waals surface area (Å²) >= 11 is 6.03. The van der Waals surface area contributed by atoms with Crippen LogP contribution >= 0.6 is 11.6 Å². The van der Waals surface area contributed by atoms with Gasteiger partial charge < -0.3 is 5.32 Å². The van der Waals surface area contributed by atoms with Crippen molar-refractivity contribution in [3.05, 3.63) is 34.3 Å². The Morgan fingerprint density at radius 3 is 2.60 bits per heavy atom. The van der Waals surface area contributed by atoms with Gasteiger partial charge in [-0.05, 0) is 37.0 Å². The summed E-state index contributed by atoms with van der Waals surface area (Å²) in [7, 11) is 0. The molecule has 112 valence electrons. The van der Waals surface area contributed by atoms with Crippen LogP contribution in [0.3, 0.4) is 0 Å². The number of aryl methyl sites for hydroxylation is 1. The predicted octanol–water partition coefficient (Wildman–Crippen LogP) is 4.86. The molecule has 0 heterocycles. The molecule has 0 spiro atoms. The van der Waals surface area contributed by atoms with Gasteiger partial charge in [0, 0.05) is 17.6 Å². The summed E-state index contributed by atoms with van der Waals surface area (Å²) in [5, 5.41) is 3.72. The molecule has 2 atom stereocenters. The lowest BCUT2D eigenvalue weighted by Crippen LogP contribution is -2.45. The number of hydrogen-bond acceptors (Lipinski definition) is 1. The molecule has 0 radical (unpaired) electrons. The third kappa shape index (κ3) is 3.89. The number of nitrogens with one attached hydrogen (secondary N) is 1. The molecule has 1 aliphatic carbocycles. The molecule has 0 aromatic heterocycles. The van der Waals surface area contributed by atoms with E-state index in [0.29, 0.717) is 24.4 Å². The first kappa shape index (κ1) is 15.6. The molecule has 0 aliphatic heterocycles. The molecule has 0 saturated heterocycles. The quantitative estimate of drug-likeness (QED) is 0.841. The van der Waals surface area contributed by atoms with Crippen LogP contribution in [-0.4, -0.2) is 12.2 Å². The molecule has 1 saturated carbocycles. The van der Waals surface area contributed by atoms with E-state index in [1.165, 1.54) is 0 Å². The molecule has 20 heavy (non-hydrogen) atoms. The third-order valence-electron chi connectivity index (χ3n) is 3.99. The van der Waals surface area contributed by atoms with Crippen LogP contribution in [0.2, 0.25) is 5.02 Å². The summed E-state index contributed by atoms with van der Waals surface area (Å²) in [5.41, 5.74) is 1.90. The Morgan fingerprint density at radius 2 is 1.95 bits per heavy atom. The summed E-state index contributed by atoms with van der Waals surface area (Å²) in [5.74, 6) is -1.22. The maximum atomic E-state index is 13.0. The highest BCUT2D eigenvalue weighted by atomic mass is 35.5. The molecular formula is C15H19ClF3N. The van der Waals surface area contributed by atoms with Crippen molar-refractivity contribution >= 4 is 11.6 Å². The van der Waals surface area contributed by atoms with Crippen LogP contribution in [0.1, 0.15) is 36.8 Å². The maximum absolute atomic E-state index is 13.0. The van der Waals surface area contributed by atoms with Gasteiger partial charge in [0.25, 0.3) is 0 Å². The minimum absolute atomic E-state index is 0.232. The molecule has 2 rings (SSSR count). The molecule has 1 fully saturated rings. The first-order valence-corrected chi connectivity index (χ1v) is 7.31. The van der Waals surface area contributed by atoms with Gasteiger partial charge in [-0.15, -0.1) is 0 Å². The van der Waals surface area contributed by atoms with E-state index in [0.717, 1.165) is 17.5 Å². The Balaban J connectivity index is 1.99. The van der Waals surface area contributed by atoms with Crippen LogP contribution in [0.4, 0.5) is 13.2 Å². The minimum Gasteiger partial charge on any atom is -0.309 e. The first-order chi connectivity index (χ1) is 9.38. The van der Waals surface area contributed by atoms with E-state index in [-0.39, 0.29) is 6.42 Å². The lowest BCUT2D eigenvalue weighted by molar-refractivity contribution is -0.189. The highest BCUT2D eigenvalue weighted by Crippen LogP contribution is 2.37.